The molecule has 1 unspecified atom stereocenters. The van der Waals surface area contributed by atoms with Crippen LogP contribution in [0.15, 0.2) is 28.9 Å². The van der Waals surface area contributed by atoms with E-state index in [-0.39, 0.29) is 11.7 Å². The Kier molecular flexibility index (Phi) is 3.79. The number of nitrogens with zero attached hydrogens (tertiary/aromatic N) is 2. The summed E-state index contributed by atoms with van der Waals surface area (Å²) in [6.45, 7) is 3.84. The van der Waals surface area contributed by atoms with Crippen molar-refractivity contribution >= 4 is 11.8 Å². The summed E-state index contributed by atoms with van der Waals surface area (Å²) in [7, 11) is 1.30. The fourth-order valence-electron chi connectivity index (χ4n) is 1.59. The average molecular weight is 261 g/mol. The van der Waals surface area contributed by atoms with Gasteiger partial charge in [0.1, 0.15) is 17.3 Å². The van der Waals surface area contributed by atoms with E-state index in [4.69, 9.17) is 4.42 Å². The quantitative estimate of drug-likeness (QED) is 0.851. The number of methoxy groups -OCH3 is 1. The summed E-state index contributed by atoms with van der Waals surface area (Å²) in [6, 6.07) is 3.77. The number of hydrogen-bond acceptors (Lipinski definition) is 6. The lowest BCUT2D eigenvalue weighted by Crippen LogP contribution is -2.09. The van der Waals surface area contributed by atoms with Gasteiger partial charge in [-0.15, -0.1) is 0 Å². The van der Waals surface area contributed by atoms with E-state index in [9.17, 15) is 4.79 Å². The van der Waals surface area contributed by atoms with Gasteiger partial charge < -0.3 is 14.5 Å². The van der Waals surface area contributed by atoms with E-state index in [2.05, 4.69) is 20.0 Å². The molecule has 0 spiro atoms. The monoisotopic (exact) mass is 261 g/mol. The molecule has 2 aromatic heterocycles. The van der Waals surface area contributed by atoms with E-state index in [1.54, 1.807) is 0 Å². The van der Waals surface area contributed by atoms with E-state index < -0.39 is 5.97 Å². The van der Waals surface area contributed by atoms with E-state index in [1.807, 2.05) is 26.0 Å². The van der Waals surface area contributed by atoms with Crippen LogP contribution < -0.4 is 5.32 Å². The third-order valence-corrected chi connectivity index (χ3v) is 2.60. The number of rotatable bonds is 4. The minimum absolute atomic E-state index is 0.0352. The SMILES string of the molecule is COC(=O)c1cnc(NC(C)c2ccc(C)o2)cn1. The van der Waals surface area contributed by atoms with Crippen molar-refractivity contribution in [2.45, 2.75) is 19.9 Å². The number of anilines is 1. The maximum atomic E-state index is 11.2. The number of carbonyl (C=O) groups excluding carboxylic acids is 1. The number of esters is 1. The van der Waals surface area contributed by atoms with Crippen molar-refractivity contribution in [2.24, 2.45) is 0 Å². The number of aromatic nitrogens is 2. The van der Waals surface area contributed by atoms with Crippen molar-refractivity contribution in [1.82, 2.24) is 9.97 Å². The third kappa shape index (κ3) is 3.09. The maximum Gasteiger partial charge on any atom is 0.358 e. The lowest BCUT2D eigenvalue weighted by molar-refractivity contribution is 0.0593. The summed E-state index contributed by atoms with van der Waals surface area (Å²) in [6.07, 6.45) is 2.85. The summed E-state index contributed by atoms with van der Waals surface area (Å²) in [5, 5.41) is 3.14. The van der Waals surface area contributed by atoms with Crippen LogP contribution in [0.4, 0.5) is 5.82 Å². The molecule has 0 bridgehead atoms. The lowest BCUT2D eigenvalue weighted by Gasteiger charge is -2.11. The highest BCUT2D eigenvalue weighted by Gasteiger charge is 2.11. The molecule has 100 valence electrons. The molecule has 0 aliphatic rings. The third-order valence-electron chi connectivity index (χ3n) is 2.60. The van der Waals surface area contributed by atoms with Gasteiger partial charge in [-0.2, -0.15) is 0 Å². The second-order valence-corrected chi connectivity index (χ2v) is 4.09. The molecule has 0 fully saturated rings. The van der Waals surface area contributed by atoms with Gasteiger partial charge in [-0.1, -0.05) is 0 Å². The number of furan rings is 1. The van der Waals surface area contributed by atoms with Gasteiger partial charge in [0.05, 0.1) is 25.5 Å². The molecule has 2 heterocycles. The van der Waals surface area contributed by atoms with Crippen LogP contribution in [0.1, 0.15) is 35.0 Å². The van der Waals surface area contributed by atoms with E-state index in [1.165, 1.54) is 19.5 Å². The molecular weight excluding hydrogens is 246 g/mol. The number of nitrogens with one attached hydrogen (secondary N) is 1. The van der Waals surface area contributed by atoms with Crippen LogP contribution in [0.2, 0.25) is 0 Å². The number of aryl methyl sites for hydroxylation is 1. The first-order valence-electron chi connectivity index (χ1n) is 5.83. The van der Waals surface area contributed by atoms with Gasteiger partial charge in [0.15, 0.2) is 5.69 Å². The zero-order valence-electron chi connectivity index (χ0n) is 11.0. The predicted octanol–water partition coefficient (Wildman–Crippen LogP) is 2.34. The molecule has 0 aliphatic carbocycles. The van der Waals surface area contributed by atoms with Crippen molar-refractivity contribution < 1.29 is 13.9 Å². The minimum atomic E-state index is -0.506. The molecule has 0 aromatic carbocycles. The van der Waals surface area contributed by atoms with E-state index >= 15 is 0 Å². The second kappa shape index (κ2) is 5.51. The summed E-state index contributed by atoms with van der Waals surface area (Å²) in [4.78, 5) is 19.3. The Bertz CT molecular complexity index is 563. The van der Waals surface area contributed by atoms with Crippen LogP contribution in [0.5, 0.6) is 0 Å². The fourth-order valence-corrected chi connectivity index (χ4v) is 1.59. The predicted molar refractivity (Wildman–Crippen MR) is 68.9 cm³/mol. The molecule has 19 heavy (non-hydrogen) atoms. The first kappa shape index (κ1) is 13.1. The van der Waals surface area contributed by atoms with Crippen LogP contribution in [0.25, 0.3) is 0 Å². The van der Waals surface area contributed by atoms with E-state index in [0.29, 0.717) is 5.82 Å². The molecule has 6 nitrogen and oxygen atoms in total. The van der Waals surface area contributed by atoms with Gasteiger partial charge in [0.25, 0.3) is 0 Å². The Morgan fingerprint density at radius 2 is 2.16 bits per heavy atom. The topological polar surface area (TPSA) is 77.2 Å². The van der Waals surface area contributed by atoms with Crippen LogP contribution in [-0.4, -0.2) is 23.0 Å². The summed E-state index contributed by atoms with van der Waals surface area (Å²) in [5.41, 5.74) is 0.176. The molecule has 1 N–H and O–H groups in total. The summed E-state index contributed by atoms with van der Waals surface area (Å²) >= 11 is 0. The summed E-state index contributed by atoms with van der Waals surface area (Å²) in [5.74, 6) is 1.73. The Morgan fingerprint density at radius 3 is 2.68 bits per heavy atom. The van der Waals surface area contributed by atoms with Gasteiger partial charge in [0.2, 0.25) is 0 Å². The zero-order valence-corrected chi connectivity index (χ0v) is 11.0. The molecule has 2 rings (SSSR count). The molecule has 0 saturated carbocycles. The Labute approximate surface area is 110 Å². The van der Waals surface area contributed by atoms with Crippen LogP contribution in [0.3, 0.4) is 0 Å². The summed E-state index contributed by atoms with van der Waals surface area (Å²) < 4.78 is 10.1. The van der Waals surface area contributed by atoms with Gasteiger partial charge >= 0.3 is 5.97 Å². The molecule has 0 aliphatic heterocycles. The zero-order chi connectivity index (χ0) is 13.8. The van der Waals surface area contributed by atoms with Gasteiger partial charge in [0, 0.05) is 0 Å². The van der Waals surface area contributed by atoms with Crippen LogP contribution in [0, 0.1) is 6.92 Å². The highest BCUT2D eigenvalue weighted by molar-refractivity contribution is 5.86. The Hall–Kier alpha value is -2.37. The standard InChI is InChI=1S/C13H15N3O3/c1-8-4-5-11(19-8)9(2)16-12-7-14-10(6-15-12)13(17)18-3/h4-7,9H,1-3H3,(H,15,16). The van der Waals surface area contributed by atoms with E-state index in [0.717, 1.165) is 11.5 Å². The normalized spacial score (nSPS) is 11.9. The van der Waals surface area contributed by atoms with Crippen LogP contribution in [-0.2, 0) is 4.74 Å². The molecule has 0 saturated heterocycles. The second-order valence-electron chi connectivity index (χ2n) is 4.09. The highest BCUT2D eigenvalue weighted by Crippen LogP contribution is 2.19. The van der Waals surface area contributed by atoms with Gasteiger partial charge in [-0.25, -0.2) is 14.8 Å². The van der Waals surface area contributed by atoms with Crippen molar-refractivity contribution in [2.75, 3.05) is 12.4 Å². The Balaban J connectivity index is 2.05. The average Bonchev–Trinajstić information content (AvgIpc) is 2.85. The fraction of sp³-hybridized carbons (Fsp3) is 0.308. The molecule has 0 amide bonds. The molecule has 0 radical (unpaired) electrons. The van der Waals surface area contributed by atoms with Crippen molar-refractivity contribution in [3.8, 4) is 0 Å². The first-order valence-corrected chi connectivity index (χ1v) is 5.83. The van der Waals surface area contributed by atoms with Crippen molar-refractivity contribution in [3.05, 3.63) is 41.7 Å². The first-order chi connectivity index (χ1) is 9.10. The van der Waals surface area contributed by atoms with Gasteiger partial charge in [-0.05, 0) is 26.0 Å². The Morgan fingerprint density at radius 1 is 1.37 bits per heavy atom. The lowest BCUT2D eigenvalue weighted by atomic mass is 10.2. The smallest absolute Gasteiger partial charge is 0.358 e. The van der Waals surface area contributed by atoms with Crippen LogP contribution >= 0.6 is 0 Å². The molecule has 1 atom stereocenters. The largest absolute Gasteiger partial charge is 0.464 e. The van der Waals surface area contributed by atoms with Gasteiger partial charge in [-0.3, -0.25) is 0 Å². The number of hydrogen-bond donors (Lipinski definition) is 1. The number of carbonyl (C=O) groups is 1. The highest BCUT2D eigenvalue weighted by atomic mass is 16.5. The molecule has 2 aromatic rings. The maximum absolute atomic E-state index is 11.2. The molecule has 6 heteroatoms. The minimum Gasteiger partial charge on any atom is -0.464 e. The molecular formula is C13H15N3O3. The van der Waals surface area contributed by atoms with Crippen molar-refractivity contribution in [3.63, 3.8) is 0 Å². The van der Waals surface area contributed by atoms with Crippen molar-refractivity contribution in [1.29, 1.82) is 0 Å². The number of ether oxygens (including phenoxy) is 1.